The Morgan fingerprint density at radius 2 is 1.65 bits per heavy atom. The lowest BCUT2D eigenvalue weighted by Crippen LogP contribution is -2.29. The second-order valence-corrected chi connectivity index (χ2v) is 6.52. The van der Waals surface area contributed by atoms with Crippen LogP contribution < -0.4 is 0 Å². The van der Waals surface area contributed by atoms with Crippen molar-refractivity contribution in [2.75, 3.05) is 13.7 Å². The summed E-state index contributed by atoms with van der Waals surface area (Å²) >= 11 is 0. The molecule has 1 fully saturated rings. The normalized spacial score (nSPS) is 15.5. The van der Waals surface area contributed by atoms with Crippen molar-refractivity contribution in [3.8, 4) is 0 Å². The first-order valence-electron chi connectivity index (χ1n) is 8.95. The van der Waals surface area contributed by atoms with E-state index in [0.29, 0.717) is 11.1 Å². The molecule has 26 heavy (non-hydrogen) atoms. The Kier molecular flexibility index (Phi) is 7.70. The van der Waals surface area contributed by atoms with Gasteiger partial charge < -0.3 is 9.84 Å². The van der Waals surface area contributed by atoms with E-state index in [1.165, 1.54) is 13.5 Å². The molecule has 0 radical (unpaired) electrons. The van der Waals surface area contributed by atoms with E-state index >= 15 is 0 Å². The molecule has 1 N–H and O–H groups in total. The molecular weight excluding hydrogens is 328 g/mol. The molecule has 1 saturated carbocycles. The van der Waals surface area contributed by atoms with Crippen LogP contribution in [0.25, 0.3) is 0 Å². The van der Waals surface area contributed by atoms with Crippen LogP contribution in [0, 0.1) is 0 Å². The molecule has 2 aromatic rings. The Hall–Kier alpha value is -2.30. The molecular formula is C22H26O4. The fourth-order valence-corrected chi connectivity index (χ4v) is 3.27. The van der Waals surface area contributed by atoms with Gasteiger partial charge in [-0.2, -0.15) is 0 Å². The number of hydrogen-bond donors (Lipinski definition) is 1. The molecule has 0 bridgehead atoms. The Balaban J connectivity index is 0.000000197. The van der Waals surface area contributed by atoms with Gasteiger partial charge >= 0.3 is 0 Å². The van der Waals surface area contributed by atoms with Gasteiger partial charge in [0.2, 0.25) is 0 Å². The molecule has 0 amide bonds. The molecule has 0 aromatic heterocycles. The zero-order valence-corrected chi connectivity index (χ0v) is 15.2. The summed E-state index contributed by atoms with van der Waals surface area (Å²) in [5.74, 6) is 0.0214. The Bertz CT molecular complexity index is 703. The van der Waals surface area contributed by atoms with Gasteiger partial charge in [0.1, 0.15) is 12.9 Å². The van der Waals surface area contributed by atoms with Crippen molar-refractivity contribution in [1.29, 1.82) is 0 Å². The molecule has 0 spiro atoms. The van der Waals surface area contributed by atoms with Crippen molar-refractivity contribution in [3.63, 3.8) is 0 Å². The molecule has 2 aromatic carbocycles. The highest BCUT2D eigenvalue weighted by Gasteiger charge is 2.32. The highest BCUT2D eigenvalue weighted by Crippen LogP contribution is 2.37. The summed E-state index contributed by atoms with van der Waals surface area (Å²) in [6.45, 7) is 0.157. The third-order valence-electron chi connectivity index (χ3n) is 4.64. The van der Waals surface area contributed by atoms with E-state index in [4.69, 9.17) is 4.74 Å². The van der Waals surface area contributed by atoms with Gasteiger partial charge in [-0.3, -0.25) is 9.59 Å². The molecule has 4 heteroatoms. The largest absolute Gasteiger partial charge is 0.385 e. The molecule has 0 atom stereocenters. The van der Waals surface area contributed by atoms with Crippen molar-refractivity contribution in [2.45, 2.75) is 37.7 Å². The quantitative estimate of drug-likeness (QED) is 0.647. The molecule has 0 unspecified atom stereocenters. The Morgan fingerprint density at radius 1 is 1.04 bits per heavy atom. The zero-order valence-electron chi connectivity index (χ0n) is 15.2. The van der Waals surface area contributed by atoms with Crippen LogP contribution in [-0.4, -0.2) is 30.9 Å². The summed E-state index contributed by atoms with van der Waals surface area (Å²) in [7, 11) is 1.51. The number of aldehydes is 1. The second-order valence-electron chi connectivity index (χ2n) is 6.52. The van der Waals surface area contributed by atoms with Crippen LogP contribution >= 0.6 is 0 Å². The zero-order chi connectivity index (χ0) is 18.8. The van der Waals surface area contributed by atoms with E-state index in [-0.39, 0.29) is 12.4 Å². The van der Waals surface area contributed by atoms with Crippen LogP contribution in [0.3, 0.4) is 0 Å². The number of ketones is 1. The summed E-state index contributed by atoms with van der Waals surface area (Å²) < 4.78 is 4.71. The van der Waals surface area contributed by atoms with E-state index in [9.17, 15) is 14.7 Å². The van der Waals surface area contributed by atoms with Gasteiger partial charge in [0, 0.05) is 18.2 Å². The Morgan fingerprint density at radius 3 is 2.27 bits per heavy atom. The van der Waals surface area contributed by atoms with Crippen molar-refractivity contribution >= 4 is 12.1 Å². The summed E-state index contributed by atoms with van der Waals surface area (Å²) in [5, 5.41) is 10.5. The van der Waals surface area contributed by atoms with Gasteiger partial charge in [-0.25, -0.2) is 0 Å². The topological polar surface area (TPSA) is 63.6 Å². The van der Waals surface area contributed by atoms with Crippen LogP contribution in [0.15, 0.2) is 54.6 Å². The van der Waals surface area contributed by atoms with Crippen LogP contribution in [0.4, 0.5) is 0 Å². The number of methoxy groups -OCH3 is 1. The van der Waals surface area contributed by atoms with Gasteiger partial charge in [-0.05, 0) is 18.4 Å². The first kappa shape index (κ1) is 20.0. The molecule has 1 aliphatic rings. The molecule has 0 saturated heterocycles. The lowest BCUT2D eigenvalue weighted by Gasteiger charge is -2.33. The van der Waals surface area contributed by atoms with Crippen molar-refractivity contribution in [1.82, 2.24) is 0 Å². The molecule has 3 rings (SSSR count). The lowest BCUT2D eigenvalue weighted by atomic mass is 9.78. The average molecular weight is 354 g/mol. The van der Waals surface area contributed by atoms with Gasteiger partial charge in [-0.15, -0.1) is 0 Å². The van der Waals surface area contributed by atoms with Crippen LogP contribution in [0.2, 0.25) is 0 Å². The standard InChI is InChI=1S/C13H16O2.C9H10O2/c14-10-11-6-2-3-7-12(11)13(15)8-4-1-5-9-13;1-11-7-9(10)8-5-3-2-4-6-8/h2-3,6-7,10,15H,1,4-5,8-9H2;2-6H,7H2,1H3. The van der Waals surface area contributed by atoms with Gasteiger partial charge in [0.05, 0.1) is 5.60 Å². The third kappa shape index (κ3) is 5.35. The van der Waals surface area contributed by atoms with E-state index in [1.807, 2.05) is 36.4 Å². The SMILES string of the molecule is COCC(=O)c1ccccc1.O=Cc1ccccc1C1(O)CCCCC1. The number of ether oxygens (including phenoxy) is 1. The van der Waals surface area contributed by atoms with Crippen LogP contribution in [0.1, 0.15) is 58.4 Å². The number of carbonyl (C=O) groups is 2. The number of benzene rings is 2. The van der Waals surface area contributed by atoms with Crippen LogP contribution in [0.5, 0.6) is 0 Å². The number of carbonyl (C=O) groups excluding carboxylic acids is 2. The summed E-state index contributed by atoms with van der Waals surface area (Å²) in [6, 6.07) is 16.5. The van der Waals surface area contributed by atoms with E-state index in [2.05, 4.69) is 0 Å². The molecule has 0 aliphatic heterocycles. The molecule has 1 aliphatic carbocycles. The van der Waals surface area contributed by atoms with Crippen molar-refractivity contribution in [2.24, 2.45) is 0 Å². The fraction of sp³-hybridized carbons (Fsp3) is 0.364. The second kappa shape index (κ2) is 10.00. The molecule has 0 heterocycles. The Labute approximate surface area is 154 Å². The first-order valence-corrected chi connectivity index (χ1v) is 8.95. The van der Waals surface area contributed by atoms with E-state index < -0.39 is 5.60 Å². The summed E-state index contributed by atoms with van der Waals surface area (Å²) in [5.41, 5.74) is 1.37. The molecule has 4 nitrogen and oxygen atoms in total. The maximum atomic E-state index is 11.1. The summed E-state index contributed by atoms with van der Waals surface area (Å²) in [4.78, 5) is 22.0. The number of rotatable bonds is 5. The number of hydrogen-bond acceptors (Lipinski definition) is 4. The van der Waals surface area contributed by atoms with Gasteiger partial charge in [0.15, 0.2) is 5.78 Å². The fourth-order valence-electron chi connectivity index (χ4n) is 3.27. The minimum atomic E-state index is -0.768. The highest BCUT2D eigenvalue weighted by molar-refractivity contribution is 5.96. The number of aliphatic hydroxyl groups is 1. The first-order chi connectivity index (χ1) is 12.6. The maximum Gasteiger partial charge on any atom is 0.188 e. The smallest absolute Gasteiger partial charge is 0.188 e. The predicted molar refractivity (Wildman–Crippen MR) is 101 cm³/mol. The summed E-state index contributed by atoms with van der Waals surface area (Å²) in [6.07, 6.45) is 5.66. The highest BCUT2D eigenvalue weighted by atomic mass is 16.5. The van der Waals surface area contributed by atoms with Gasteiger partial charge in [0.25, 0.3) is 0 Å². The third-order valence-corrected chi connectivity index (χ3v) is 4.64. The maximum absolute atomic E-state index is 11.1. The minimum absolute atomic E-state index is 0.0214. The predicted octanol–water partition coefficient (Wildman–Crippen LogP) is 4.17. The minimum Gasteiger partial charge on any atom is -0.385 e. The lowest BCUT2D eigenvalue weighted by molar-refractivity contribution is -0.00114. The van der Waals surface area contributed by atoms with Gasteiger partial charge in [-0.1, -0.05) is 73.9 Å². The van der Waals surface area contributed by atoms with E-state index in [0.717, 1.165) is 37.5 Å². The van der Waals surface area contributed by atoms with Crippen molar-refractivity contribution in [3.05, 3.63) is 71.3 Å². The number of Topliss-reactive ketones (excluding diaryl/α,β-unsaturated/α-hetero) is 1. The van der Waals surface area contributed by atoms with Crippen LogP contribution in [-0.2, 0) is 10.3 Å². The average Bonchev–Trinajstić information content (AvgIpc) is 2.70. The van der Waals surface area contributed by atoms with E-state index in [1.54, 1.807) is 18.2 Å². The van der Waals surface area contributed by atoms with Crippen molar-refractivity contribution < 1.29 is 19.4 Å². The molecule has 138 valence electrons. The monoisotopic (exact) mass is 354 g/mol.